The lowest BCUT2D eigenvalue weighted by molar-refractivity contribution is -0.125. The Kier molecular flexibility index (Phi) is 4.79. The minimum Gasteiger partial charge on any atom is -0.354 e. The average molecular weight is 294 g/mol. The van der Waals surface area contributed by atoms with Gasteiger partial charge < -0.3 is 20.9 Å². The molecule has 1 unspecified atom stereocenters. The van der Waals surface area contributed by atoms with Crippen LogP contribution >= 0.6 is 0 Å². The zero-order valence-electron chi connectivity index (χ0n) is 12.5. The van der Waals surface area contributed by atoms with Crippen LogP contribution in [0.2, 0.25) is 0 Å². The van der Waals surface area contributed by atoms with Crippen molar-refractivity contribution in [2.75, 3.05) is 33.7 Å². The van der Waals surface area contributed by atoms with Crippen LogP contribution in [-0.2, 0) is 17.9 Å². The zero-order valence-corrected chi connectivity index (χ0v) is 12.5. The van der Waals surface area contributed by atoms with Crippen LogP contribution in [0.4, 0.5) is 4.79 Å². The fourth-order valence-electron chi connectivity index (χ4n) is 2.33. The van der Waals surface area contributed by atoms with Crippen molar-refractivity contribution in [3.05, 3.63) is 18.0 Å². The van der Waals surface area contributed by atoms with Crippen molar-refractivity contribution in [1.82, 2.24) is 24.9 Å². The van der Waals surface area contributed by atoms with Crippen molar-refractivity contribution in [1.29, 1.82) is 0 Å². The normalized spacial score (nSPS) is 18.2. The number of nitrogens with one attached hydrogen (secondary N) is 1. The number of amides is 3. The van der Waals surface area contributed by atoms with Crippen LogP contribution in [0.5, 0.6) is 0 Å². The van der Waals surface area contributed by atoms with Crippen LogP contribution < -0.4 is 11.1 Å². The predicted octanol–water partition coefficient (Wildman–Crippen LogP) is -0.929. The minimum absolute atomic E-state index is 0.0774. The number of urea groups is 1. The molecule has 1 aromatic rings. The Bertz CT molecular complexity index is 513. The van der Waals surface area contributed by atoms with Gasteiger partial charge in [-0.3, -0.25) is 9.48 Å². The number of nitrogens with zero attached hydrogens (tertiary/aromatic N) is 4. The molecular weight excluding hydrogens is 272 g/mol. The molecule has 0 saturated heterocycles. The molecule has 1 atom stereocenters. The predicted molar refractivity (Wildman–Crippen MR) is 77.3 cm³/mol. The molecule has 2 heterocycles. The van der Waals surface area contributed by atoms with Gasteiger partial charge >= 0.3 is 6.03 Å². The lowest BCUT2D eigenvalue weighted by atomic mass is 10.1. The molecule has 2 rings (SSSR count). The summed E-state index contributed by atoms with van der Waals surface area (Å²) < 4.78 is 1.76. The van der Waals surface area contributed by atoms with Gasteiger partial charge in [0.2, 0.25) is 5.91 Å². The summed E-state index contributed by atoms with van der Waals surface area (Å²) in [6.45, 7) is 2.50. The molecule has 0 aliphatic carbocycles. The van der Waals surface area contributed by atoms with Crippen LogP contribution in [0.25, 0.3) is 0 Å². The number of hydrogen-bond donors (Lipinski definition) is 2. The van der Waals surface area contributed by atoms with Gasteiger partial charge in [-0.15, -0.1) is 0 Å². The largest absolute Gasteiger partial charge is 0.354 e. The molecule has 0 spiro atoms. The van der Waals surface area contributed by atoms with Crippen LogP contribution in [0.1, 0.15) is 5.69 Å². The smallest absolute Gasteiger partial charge is 0.315 e. The number of carbonyl (C=O) groups excluding carboxylic acids is 2. The topological polar surface area (TPSA) is 96.5 Å². The Morgan fingerprint density at radius 3 is 2.90 bits per heavy atom. The standard InChI is InChI=1S/C13H22N6O2/c1-17(2)6-5-15-12(20)10-7-18(13(14)21)9-11-3-4-16-19(11)8-10/h3-4,10H,5-9H2,1-2H3,(H2,14,21)(H,15,20). The van der Waals surface area contributed by atoms with Gasteiger partial charge in [0, 0.05) is 25.8 Å². The van der Waals surface area contributed by atoms with Crippen molar-refractivity contribution >= 4 is 11.9 Å². The molecule has 1 aromatic heterocycles. The first kappa shape index (κ1) is 15.3. The van der Waals surface area contributed by atoms with Gasteiger partial charge in [0.05, 0.1) is 24.7 Å². The van der Waals surface area contributed by atoms with Crippen LogP contribution in [0.15, 0.2) is 12.3 Å². The van der Waals surface area contributed by atoms with E-state index in [1.54, 1.807) is 10.9 Å². The number of fused-ring (bicyclic) bond motifs is 1. The SMILES string of the molecule is CN(C)CCNC(=O)C1CN(C(N)=O)Cc2ccnn2C1. The summed E-state index contributed by atoms with van der Waals surface area (Å²) in [7, 11) is 3.89. The fourth-order valence-corrected chi connectivity index (χ4v) is 2.33. The summed E-state index contributed by atoms with van der Waals surface area (Å²) in [5.74, 6) is -0.424. The van der Waals surface area contributed by atoms with Crippen molar-refractivity contribution in [2.45, 2.75) is 13.1 Å². The third-order valence-corrected chi connectivity index (χ3v) is 3.53. The summed E-state index contributed by atoms with van der Waals surface area (Å²) in [6.07, 6.45) is 1.67. The molecule has 1 aliphatic heterocycles. The molecule has 0 aromatic carbocycles. The first-order valence-corrected chi connectivity index (χ1v) is 6.95. The van der Waals surface area contributed by atoms with E-state index in [0.29, 0.717) is 26.2 Å². The molecule has 116 valence electrons. The van der Waals surface area contributed by atoms with Gasteiger partial charge in [0.25, 0.3) is 0 Å². The van der Waals surface area contributed by atoms with E-state index >= 15 is 0 Å². The molecule has 0 fully saturated rings. The quantitative estimate of drug-likeness (QED) is 0.750. The van der Waals surface area contributed by atoms with Crippen molar-refractivity contribution in [3.8, 4) is 0 Å². The Hall–Kier alpha value is -2.09. The van der Waals surface area contributed by atoms with E-state index in [4.69, 9.17) is 5.73 Å². The van der Waals surface area contributed by atoms with Crippen LogP contribution in [-0.4, -0.2) is 65.2 Å². The number of carbonyl (C=O) groups is 2. The number of rotatable bonds is 4. The molecule has 8 nitrogen and oxygen atoms in total. The monoisotopic (exact) mass is 294 g/mol. The first-order valence-electron chi connectivity index (χ1n) is 6.95. The van der Waals surface area contributed by atoms with E-state index in [-0.39, 0.29) is 11.8 Å². The molecule has 1 aliphatic rings. The highest BCUT2D eigenvalue weighted by Crippen LogP contribution is 2.15. The fraction of sp³-hybridized carbons (Fsp3) is 0.615. The van der Waals surface area contributed by atoms with Crippen LogP contribution in [0, 0.1) is 5.92 Å². The minimum atomic E-state index is -0.518. The summed E-state index contributed by atoms with van der Waals surface area (Å²) in [6, 6.07) is 1.32. The van der Waals surface area contributed by atoms with Crippen molar-refractivity contribution in [3.63, 3.8) is 0 Å². The van der Waals surface area contributed by atoms with Gasteiger partial charge in [0.15, 0.2) is 0 Å². The Morgan fingerprint density at radius 1 is 1.48 bits per heavy atom. The van der Waals surface area contributed by atoms with Crippen LogP contribution in [0.3, 0.4) is 0 Å². The maximum absolute atomic E-state index is 12.3. The zero-order chi connectivity index (χ0) is 15.4. The molecule has 0 saturated carbocycles. The lowest BCUT2D eigenvalue weighted by Gasteiger charge is -2.22. The average Bonchev–Trinajstić information content (AvgIpc) is 2.75. The van der Waals surface area contributed by atoms with Gasteiger partial charge in [-0.2, -0.15) is 5.10 Å². The van der Waals surface area contributed by atoms with E-state index < -0.39 is 6.03 Å². The summed E-state index contributed by atoms with van der Waals surface area (Å²) in [4.78, 5) is 27.3. The highest BCUT2D eigenvalue weighted by molar-refractivity contribution is 5.80. The molecule has 0 bridgehead atoms. The summed E-state index contributed by atoms with van der Waals surface area (Å²) in [5.41, 5.74) is 6.27. The second-order valence-electron chi connectivity index (χ2n) is 5.51. The number of primary amides is 1. The molecule has 0 radical (unpaired) electrons. The Labute approximate surface area is 123 Å². The van der Waals surface area contributed by atoms with Gasteiger partial charge in [-0.05, 0) is 20.2 Å². The van der Waals surface area contributed by atoms with E-state index in [0.717, 1.165) is 12.2 Å². The van der Waals surface area contributed by atoms with E-state index in [1.165, 1.54) is 4.90 Å². The maximum Gasteiger partial charge on any atom is 0.315 e. The molecular formula is C13H22N6O2. The van der Waals surface area contributed by atoms with Gasteiger partial charge in [-0.1, -0.05) is 0 Å². The second-order valence-corrected chi connectivity index (χ2v) is 5.51. The third kappa shape index (κ3) is 3.94. The van der Waals surface area contributed by atoms with Crippen molar-refractivity contribution in [2.24, 2.45) is 11.7 Å². The first-order chi connectivity index (χ1) is 9.97. The number of aromatic nitrogens is 2. The van der Waals surface area contributed by atoms with Gasteiger partial charge in [-0.25, -0.2) is 4.79 Å². The number of hydrogen-bond acceptors (Lipinski definition) is 4. The highest BCUT2D eigenvalue weighted by Gasteiger charge is 2.28. The van der Waals surface area contributed by atoms with Gasteiger partial charge in [0.1, 0.15) is 0 Å². The molecule has 8 heteroatoms. The lowest BCUT2D eigenvalue weighted by Crippen LogP contribution is -2.44. The Morgan fingerprint density at radius 2 is 2.24 bits per heavy atom. The Balaban J connectivity index is 2.04. The number of likely N-dealkylation sites (N-methyl/N-ethyl adjacent to an activating group) is 1. The maximum atomic E-state index is 12.3. The van der Waals surface area contributed by atoms with E-state index in [2.05, 4.69) is 10.4 Å². The van der Waals surface area contributed by atoms with Crippen molar-refractivity contribution < 1.29 is 9.59 Å². The van der Waals surface area contributed by atoms with E-state index in [1.807, 2.05) is 25.1 Å². The van der Waals surface area contributed by atoms with E-state index in [9.17, 15) is 9.59 Å². The molecule has 3 amide bonds. The second kappa shape index (κ2) is 6.57. The number of nitrogens with two attached hydrogens (primary N) is 1. The molecule has 21 heavy (non-hydrogen) atoms. The highest BCUT2D eigenvalue weighted by atomic mass is 16.2. The molecule has 3 N–H and O–H groups in total. The summed E-state index contributed by atoms with van der Waals surface area (Å²) >= 11 is 0. The third-order valence-electron chi connectivity index (χ3n) is 3.53. The summed E-state index contributed by atoms with van der Waals surface area (Å²) in [5, 5.41) is 7.09.